The summed E-state index contributed by atoms with van der Waals surface area (Å²) in [6.45, 7) is 0. The molecule has 1 atom stereocenters. The maximum Gasteiger partial charge on any atom is 0.234 e. The van der Waals surface area contributed by atoms with Crippen LogP contribution in [0.25, 0.3) is 10.5 Å². The van der Waals surface area contributed by atoms with E-state index in [0.29, 0.717) is 10.5 Å². The molecule has 1 aliphatic heterocycles. The molecule has 2 aromatic carbocycles. The molecular formula is C15H10O2S2. The number of rotatable bonds is 2. The molecule has 0 saturated heterocycles. The van der Waals surface area contributed by atoms with Gasteiger partial charge in [-0.3, -0.25) is 4.79 Å². The van der Waals surface area contributed by atoms with Crippen LogP contribution in [0, 0.1) is 0 Å². The Hall–Kier alpha value is -1.65. The molecule has 0 aromatic heterocycles. The molecule has 0 amide bonds. The molecule has 0 aliphatic carbocycles. The van der Waals surface area contributed by atoms with Gasteiger partial charge in [-0.1, -0.05) is 60.7 Å². The molecule has 0 N–H and O–H groups in total. The third-order valence-corrected chi connectivity index (χ3v) is 5.54. The first-order valence-corrected chi connectivity index (χ1v) is 8.25. The molecule has 3 rings (SSSR count). The predicted octanol–water partition coefficient (Wildman–Crippen LogP) is 3.49. The van der Waals surface area contributed by atoms with E-state index in [1.54, 1.807) is 0 Å². The standard InChI is InChI=1S/C15H10O2S2/c16-15-13(11-7-3-1-4-8-11)14(19(17)18-15)12-9-5-2-6-10-12/h1-10H. The van der Waals surface area contributed by atoms with E-state index < -0.39 is 9.83 Å². The summed E-state index contributed by atoms with van der Waals surface area (Å²) in [5.74, 6) is 0. The summed E-state index contributed by atoms with van der Waals surface area (Å²) in [4.78, 5) is 12.7. The van der Waals surface area contributed by atoms with Crippen molar-refractivity contribution in [2.45, 2.75) is 0 Å². The van der Waals surface area contributed by atoms with Crippen molar-refractivity contribution in [2.75, 3.05) is 0 Å². The largest absolute Gasteiger partial charge is 0.280 e. The molecule has 0 radical (unpaired) electrons. The topological polar surface area (TPSA) is 34.1 Å². The van der Waals surface area contributed by atoms with E-state index in [2.05, 4.69) is 0 Å². The third kappa shape index (κ3) is 2.29. The highest BCUT2D eigenvalue weighted by atomic mass is 33.1. The van der Waals surface area contributed by atoms with Gasteiger partial charge < -0.3 is 0 Å². The highest BCUT2D eigenvalue weighted by Gasteiger charge is 2.32. The second-order valence-electron chi connectivity index (χ2n) is 4.04. The first kappa shape index (κ1) is 12.4. The van der Waals surface area contributed by atoms with Gasteiger partial charge >= 0.3 is 0 Å². The van der Waals surface area contributed by atoms with E-state index in [4.69, 9.17) is 0 Å². The van der Waals surface area contributed by atoms with Gasteiger partial charge in [-0.05, 0) is 11.1 Å². The van der Waals surface area contributed by atoms with Crippen LogP contribution in [0.4, 0.5) is 0 Å². The SMILES string of the molecule is O=C1SS(=O)C(c2ccccc2)=C1c1ccccc1. The highest BCUT2D eigenvalue weighted by molar-refractivity contribution is 8.79. The lowest BCUT2D eigenvalue weighted by Crippen LogP contribution is -1.93. The van der Waals surface area contributed by atoms with Crippen LogP contribution in [0.5, 0.6) is 0 Å². The molecule has 19 heavy (non-hydrogen) atoms. The molecule has 4 heteroatoms. The third-order valence-electron chi connectivity index (χ3n) is 2.85. The molecular weight excluding hydrogens is 276 g/mol. The lowest BCUT2D eigenvalue weighted by Gasteiger charge is -2.04. The Labute approximate surface area is 117 Å². The maximum atomic E-state index is 12.2. The minimum Gasteiger partial charge on any atom is -0.280 e. The van der Waals surface area contributed by atoms with Crippen molar-refractivity contribution in [1.82, 2.24) is 0 Å². The van der Waals surface area contributed by atoms with Gasteiger partial charge in [-0.2, -0.15) is 0 Å². The van der Waals surface area contributed by atoms with E-state index in [-0.39, 0.29) is 5.12 Å². The number of carbonyl (C=O) groups excluding carboxylic acids is 1. The quantitative estimate of drug-likeness (QED) is 0.792. The lowest BCUT2D eigenvalue weighted by molar-refractivity contribution is -0.106. The van der Waals surface area contributed by atoms with Gasteiger partial charge in [0.15, 0.2) is 0 Å². The van der Waals surface area contributed by atoms with Gasteiger partial charge in [0.1, 0.15) is 9.83 Å². The van der Waals surface area contributed by atoms with Crippen molar-refractivity contribution in [3.63, 3.8) is 0 Å². The molecule has 1 unspecified atom stereocenters. The van der Waals surface area contributed by atoms with E-state index in [1.807, 2.05) is 60.7 Å². The molecule has 0 fully saturated rings. The van der Waals surface area contributed by atoms with Crippen LogP contribution in [0.3, 0.4) is 0 Å². The minimum atomic E-state index is -1.33. The zero-order chi connectivity index (χ0) is 13.2. The van der Waals surface area contributed by atoms with E-state index >= 15 is 0 Å². The van der Waals surface area contributed by atoms with Crippen molar-refractivity contribution >= 4 is 36.2 Å². The Morgan fingerprint density at radius 2 is 1.32 bits per heavy atom. The Balaban J connectivity index is 2.24. The summed E-state index contributed by atoms with van der Waals surface area (Å²) in [6, 6.07) is 18.8. The van der Waals surface area contributed by atoms with E-state index in [1.165, 1.54) is 0 Å². The number of benzene rings is 2. The zero-order valence-electron chi connectivity index (χ0n) is 9.91. The predicted molar refractivity (Wildman–Crippen MR) is 80.4 cm³/mol. The zero-order valence-corrected chi connectivity index (χ0v) is 11.5. The fourth-order valence-electron chi connectivity index (χ4n) is 2.01. The Morgan fingerprint density at radius 3 is 1.89 bits per heavy atom. The van der Waals surface area contributed by atoms with Crippen LogP contribution in [-0.2, 0) is 14.6 Å². The van der Waals surface area contributed by atoms with Crippen molar-refractivity contribution < 1.29 is 9.00 Å². The number of hydrogen-bond donors (Lipinski definition) is 0. The molecule has 2 aromatic rings. The number of carbonyl (C=O) groups is 1. The summed E-state index contributed by atoms with van der Waals surface area (Å²) < 4.78 is 12.2. The van der Waals surface area contributed by atoms with E-state index in [9.17, 15) is 9.00 Å². The van der Waals surface area contributed by atoms with Gasteiger partial charge in [-0.15, -0.1) is 0 Å². The van der Waals surface area contributed by atoms with Gasteiger partial charge in [0.25, 0.3) is 0 Å². The highest BCUT2D eigenvalue weighted by Crippen LogP contribution is 2.43. The summed E-state index contributed by atoms with van der Waals surface area (Å²) in [5, 5.41) is -0.122. The Kier molecular flexibility index (Phi) is 3.36. The van der Waals surface area contributed by atoms with Crippen LogP contribution in [-0.4, -0.2) is 9.32 Å². The second kappa shape index (κ2) is 5.15. The Bertz CT molecular complexity index is 616. The molecule has 0 spiro atoms. The first-order chi connectivity index (χ1) is 9.27. The van der Waals surface area contributed by atoms with Crippen LogP contribution < -0.4 is 0 Å². The fourth-order valence-corrected chi connectivity index (χ4v) is 4.76. The lowest BCUT2D eigenvalue weighted by atomic mass is 10.0. The van der Waals surface area contributed by atoms with Crippen molar-refractivity contribution in [3.8, 4) is 0 Å². The first-order valence-electron chi connectivity index (χ1n) is 5.77. The van der Waals surface area contributed by atoms with Crippen LogP contribution in [0.2, 0.25) is 0 Å². The minimum absolute atomic E-state index is 0.122. The molecule has 0 saturated carbocycles. The van der Waals surface area contributed by atoms with Gasteiger partial charge in [-0.25, -0.2) is 4.21 Å². The smallest absolute Gasteiger partial charge is 0.234 e. The summed E-state index contributed by atoms with van der Waals surface area (Å²) in [6.07, 6.45) is 0. The van der Waals surface area contributed by atoms with E-state index in [0.717, 1.165) is 21.9 Å². The van der Waals surface area contributed by atoms with Crippen LogP contribution in [0.1, 0.15) is 11.1 Å². The van der Waals surface area contributed by atoms with Crippen LogP contribution in [0.15, 0.2) is 60.7 Å². The molecule has 1 heterocycles. The fraction of sp³-hybridized carbons (Fsp3) is 0. The summed E-state index contributed by atoms with van der Waals surface area (Å²) >= 11 is 0. The van der Waals surface area contributed by atoms with Crippen molar-refractivity contribution in [3.05, 3.63) is 71.8 Å². The Morgan fingerprint density at radius 1 is 0.789 bits per heavy atom. The summed E-state index contributed by atoms with van der Waals surface area (Å²) in [5.41, 5.74) is 2.23. The van der Waals surface area contributed by atoms with Gasteiger partial charge in [0, 0.05) is 10.8 Å². The van der Waals surface area contributed by atoms with Gasteiger partial charge in [0.2, 0.25) is 5.12 Å². The molecule has 1 aliphatic rings. The monoisotopic (exact) mass is 286 g/mol. The molecule has 94 valence electrons. The van der Waals surface area contributed by atoms with Crippen molar-refractivity contribution in [1.29, 1.82) is 0 Å². The molecule has 0 bridgehead atoms. The van der Waals surface area contributed by atoms with Gasteiger partial charge in [0.05, 0.1) is 10.5 Å². The second-order valence-corrected chi connectivity index (χ2v) is 6.87. The number of hydrogen-bond acceptors (Lipinski definition) is 3. The average Bonchev–Trinajstić information content (AvgIpc) is 2.75. The van der Waals surface area contributed by atoms with Crippen LogP contribution >= 0.6 is 10.8 Å². The van der Waals surface area contributed by atoms with Crippen molar-refractivity contribution in [2.24, 2.45) is 0 Å². The molecule has 2 nitrogen and oxygen atoms in total. The maximum absolute atomic E-state index is 12.2. The normalized spacial score (nSPS) is 18.9. The summed E-state index contributed by atoms with van der Waals surface area (Å²) in [7, 11) is -0.440. The average molecular weight is 286 g/mol.